The number of sulfonamides is 1. The maximum absolute atomic E-state index is 12.0. The maximum Gasteiger partial charge on any atom is 0.251 e. The van der Waals surface area contributed by atoms with Gasteiger partial charge < -0.3 is 10.6 Å². The van der Waals surface area contributed by atoms with Gasteiger partial charge >= 0.3 is 0 Å². The molecule has 128 valence electrons. The Labute approximate surface area is 137 Å². The minimum Gasteiger partial charge on any atom is -0.350 e. The molecule has 1 aromatic rings. The van der Waals surface area contributed by atoms with Crippen molar-refractivity contribution in [2.45, 2.75) is 31.2 Å². The fourth-order valence-corrected chi connectivity index (χ4v) is 2.62. The molecule has 0 spiro atoms. The minimum atomic E-state index is -3.53. The summed E-state index contributed by atoms with van der Waals surface area (Å²) in [7, 11) is -0.659. The average Bonchev–Trinajstić information content (AvgIpc) is 2.43. The highest BCUT2D eigenvalue weighted by atomic mass is 32.2. The van der Waals surface area contributed by atoms with E-state index in [0.717, 1.165) is 4.31 Å². The lowest BCUT2D eigenvalue weighted by molar-refractivity contribution is -0.121. The first kappa shape index (κ1) is 19.1. The predicted octanol–water partition coefficient (Wildman–Crippen LogP) is 0.581. The number of amides is 2. The van der Waals surface area contributed by atoms with Crippen LogP contribution >= 0.6 is 0 Å². The third kappa shape index (κ3) is 5.65. The van der Waals surface area contributed by atoms with E-state index in [9.17, 15) is 18.0 Å². The molecule has 0 aliphatic rings. The monoisotopic (exact) mass is 341 g/mol. The molecule has 7 nitrogen and oxygen atoms in total. The summed E-state index contributed by atoms with van der Waals surface area (Å²) in [6.07, 6.45) is 0. The van der Waals surface area contributed by atoms with Crippen molar-refractivity contribution in [3.05, 3.63) is 29.8 Å². The Kier molecular flexibility index (Phi) is 5.90. The molecule has 23 heavy (non-hydrogen) atoms. The summed E-state index contributed by atoms with van der Waals surface area (Å²) < 4.78 is 25.0. The Morgan fingerprint density at radius 1 is 1.09 bits per heavy atom. The summed E-state index contributed by atoms with van der Waals surface area (Å²) in [6.45, 7) is 5.39. The van der Waals surface area contributed by atoms with Crippen LogP contribution in [0.1, 0.15) is 31.1 Å². The van der Waals surface area contributed by atoms with Crippen molar-refractivity contribution in [1.29, 1.82) is 0 Å². The number of carbonyl (C=O) groups excluding carboxylic acids is 2. The van der Waals surface area contributed by atoms with Gasteiger partial charge in [0.2, 0.25) is 15.9 Å². The molecule has 0 saturated heterocycles. The first-order valence-corrected chi connectivity index (χ1v) is 8.49. The third-order valence-electron chi connectivity index (χ3n) is 2.82. The highest BCUT2D eigenvalue weighted by Crippen LogP contribution is 2.13. The Balaban J connectivity index is 2.71. The molecule has 0 aliphatic heterocycles. The smallest absolute Gasteiger partial charge is 0.251 e. The summed E-state index contributed by atoms with van der Waals surface area (Å²) in [5.74, 6) is -0.736. The van der Waals surface area contributed by atoms with Gasteiger partial charge in [0.1, 0.15) is 0 Å². The molecule has 1 rings (SSSR count). The summed E-state index contributed by atoms with van der Waals surface area (Å²) in [4.78, 5) is 23.7. The molecular weight excluding hydrogens is 318 g/mol. The Bertz CT molecular complexity index is 674. The van der Waals surface area contributed by atoms with Crippen molar-refractivity contribution in [2.24, 2.45) is 0 Å². The van der Waals surface area contributed by atoms with E-state index in [-0.39, 0.29) is 28.4 Å². The average molecular weight is 341 g/mol. The zero-order valence-electron chi connectivity index (χ0n) is 14.0. The molecule has 0 radical (unpaired) electrons. The molecule has 2 N–H and O–H groups in total. The van der Waals surface area contributed by atoms with Crippen molar-refractivity contribution in [3.8, 4) is 0 Å². The Morgan fingerprint density at radius 3 is 2.04 bits per heavy atom. The van der Waals surface area contributed by atoms with Gasteiger partial charge in [-0.15, -0.1) is 0 Å². The van der Waals surface area contributed by atoms with Gasteiger partial charge in [0.05, 0.1) is 11.4 Å². The molecule has 0 fully saturated rings. The Morgan fingerprint density at radius 2 is 1.61 bits per heavy atom. The van der Waals surface area contributed by atoms with E-state index >= 15 is 0 Å². The van der Waals surface area contributed by atoms with Gasteiger partial charge in [-0.3, -0.25) is 9.59 Å². The molecule has 0 saturated carbocycles. The molecule has 0 bridgehead atoms. The van der Waals surface area contributed by atoms with Gasteiger partial charge in [-0.1, -0.05) is 0 Å². The van der Waals surface area contributed by atoms with Crippen molar-refractivity contribution in [3.63, 3.8) is 0 Å². The lowest BCUT2D eigenvalue weighted by atomic mass is 10.1. The lowest BCUT2D eigenvalue weighted by Crippen LogP contribution is -2.45. The maximum atomic E-state index is 12.0. The van der Waals surface area contributed by atoms with Crippen LogP contribution in [0.3, 0.4) is 0 Å². The minimum absolute atomic E-state index is 0.101. The number of carbonyl (C=O) groups is 2. The van der Waals surface area contributed by atoms with Gasteiger partial charge in [-0.25, -0.2) is 12.7 Å². The molecule has 0 heterocycles. The van der Waals surface area contributed by atoms with E-state index in [2.05, 4.69) is 10.6 Å². The van der Waals surface area contributed by atoms with Gasteiger partial charge in [-0.2, -0.15) is 0 Å². The van der Waals surface area contributed by atoms with Crippen LogP contribution in [0.15, 0.2) is 29.2 Å². The first-order chi connectivity index (χ1) is 10.4. The fourth-order valence-electron chi connectivity index (χ4n) is 1.71. The van der Waals surface area contributed by atoms with Gasteiger partial charge in [0.25, 0.3) is 5.91 Å². The molecular formula is C15H23N3O4S. The van der Waals surface area contributed by atoms with Crippen LogP contribution in [0.4, 0.5) is 0 Å². The number of nitrogens with one attached hydrogen (secondary N) is 2. The third-order valence-corrected chi connectivity index (χ3v) is 4.65. The largest absolute Gasteiger partial charge is 0.350 e. The molecule has 2 amide bonds. The van der Waals surface area contributed by atoms with E-state index in [0.29, 0.717) is 0 Å². The number of hydrogen-bond acceptors (Lipinski definition) is 4. The van der Waals surface area contributed by atoms with E-state index in [4.69, 9.17) is 0 Å². The van der Waals surface area contributed by atoms with Crippen LogP contribution in [0, 0.1) is 0 Å². The second-order valence-electron chi connectivity index (χ2n) is 6.29. The zero-order chi connectivity index (χ0) is 17.8. The van der Waals surface area contributed by atoms with Crippen LogP contribution in [0.2, 0.25) is 0 Å². The summed E-state index contributed by atoms with van der Waals surface area (Å²) in [5.41, 5.74) is -0.0875. The van der Waals surface area contributed by atoms with Crippen LogP contribution in [-0.4, -0.2) is 50.7 Å². The van der Waals surface area contributed by atoms with Crippen LogP contribution in [-0.2, 0) is 14.8 Å². The fraction of sp³-hybridized carbons (Fsp3) is 0.467. The van der Waals surface area contributed by atoms with Crippen LogP contribution < -0.4 is 10.6 Å². The molecule has 8 heteroatoms. The highest BCUT2D eigenvalue weighted by molar-refractivity contribution is 7.89. The lowest BCUT2D eigenvalue weighted by Gasteiger charge is -2.20. The topological polar surface area (TPSA) is 95.6 Å². The standard InChI is InChI=1S/C15H23N3O4S/c1-15(2,3)17-13(19)10-16-14(20)11-6-8-12(9-7-11)23(21,22)18(4)5/h6-9H,10H2,1-5H3,(H,16,20)(H,17,19). The van der Waals surface area contributed by atoms with E-state index in [1.165, 1.54) is 38.4 Å². The summed E-state index contributed by atoms with van der Waals surface area (Å²) in [6, 6.07) is 5.54. The van der Waals surface area contributed by atoms with Crippen LogP contribution in [0.5, 0.6) is 0 Å². The second kappa shape index (κ2) is 7.10. The van der Waals surface area contributed by atoms with Gasteiger partial charge in [0.15, 0.2) is 0 Å². The van der Waals surface area contributed by atoms with Crippen molar-refractivity contribution in [2.75, 3.05) is 20.6 Å². The van der Waals surface area contributed by atoms with Gasteiger partial charge in [0, 0.05) is 25.2 Å². The summed E-state index contributed by atoms with van der Waals surface area (Å²) >= 11 is 0. The van der Waals surface area contributed by atoms with Crippen molar-refractivity contribution in [1.82, 2.24) is 14.9 Å². The van der Waals surface area contributed by atoms with Crippen LogP contribution in [0.25, 0.3) is 0 Å². The molecule has 1 aromatic carbocycles. The second-order valence-corrected chi connectivity index (χ2v) is 8.44. The van der Waals surface area contributed by atoms with E-state index < -0.39 is 15.9 Å². The number of rotatable bonds is 5. The predicted molar refractivity (Wildman–Crippen MR) is 87.5 cm³/mol. The van der Waals surface area contributed by atoms with E-state index in [1.54, 1.807) is 0 Å². The SMILES string of the molecule is CN(C)S(=O)(=O)c1ccc(C(=O)NCC(=O)NC(C)(C)C)cc1. The van der Waals surface area contributed by atoms with Crippen molar-refractivity contribution >= 4 is 21.8 Å². The first-order valence-electron chi connectivity index (χ1n) is 7.05. The molecule has 0 aliphatic carbocycles. The number of hydrogen-bond donors (Lipinski definition) is 2. The number of nitrogens with zero attached hydrogens (tertiary/aromatic N) is 1. The highest BCUT2D eigenvalue weighted by Gasteiger charge is 2.18. The van der Waals surface area contributed by atoms with E-state index in [1.807, 2.05) is 20.8 Å². The van der Waals surface area contributed by atoms with Gasteiger partial charge in [-0.05, 0) is 45.0 Å². The zero-order valence-corrected chi connectivity index (χ0v) is 14.8. The number of benzene rings is 1. The normalized spacial score (nSPS) is 12.1. The quantitative estimate of drug-likeness (QED) is 0.819. The summed E-state index contributed by atoms with van der Waals surface area (Å²) in [5, 5.41) is 5.22. The Hall–Kier alpha value is -1.93. The molecule has 0 atom stereocenters. The molecule has 0 unspecified atom stereocenters. The van der Waals surface area contributed by atoms with Crippen molar-refractivity contribution < 1.29 is 18.0 Å². The molecule has 0 aromatic heterocycles.